The molecule has 1 aromatic rings. The smallest absolute Gasteiger partial charge is 0.271 e. The van der Waals surface area contributed by atoms with Gasteiger partial charge in [0.05, 0.1) is 5.69 Å². The summed E-state index contributed by atoms with van der Waals surface area (Å²) < 4.78 is 39.2. The molecule has 0 aliphatic rings. The van der Waals surface area contributed by atoms with Crippen LogP contribution >= 0.6 is 0 Å². The predicted molar refractivity (Wildman–Crippen MR) is 78.9 cm³/mol. The number of unbranched alkanes of at least 4 members (excludes halogenated alkanes) is 1. The molecule has 19 heavy (non-hydrogen) atoms. The van der Waals surface area contributed by atoms with Crippen LogP contribution < -0.4 is 4.72 Å². The summed E-state index contributed by atoms with van der Waals surface area (Å²) in [7, 11) is -3.13. The SMILES string of the molecule is CCCCN(C)S(=O)(=O)Nc1cccc(S(C)=O)c1. The molecule has 1 aromatic carbocycles. The van der Waals surface area contributed by atoms with Crippen LogP contribution in [0.2, 0.25) is 0 Å². The van der Waals surface area contributed by atoms with E-state index in [2.05, 4.69) is 4.72 Å². The molecule has 0 fully saturated rings. The van der Waals surface area contributed by atoms with Gasteiger partial charge in [-0.25, -0.2) is 0 Å². The second kappa shape index (κ2) is 7.02. The Morgan fingerprint density at radius 1 is 1.37 bits per heavy atom. The van der Waals surface area contributed by atoms with Crippen molar-refractivity contribution in [2.75, 3.05) is 24.6 Å². The standard InChI is InChI=1S/C12H20N2O3S2/c1-4-5-9-14(2)19(16,17)13-11-7-6-8-12(10-11)18(3)15/h6-8,10,13H,4-5,9H2,1-3H3. The maximum absolute atomic E-state index is 12.0. The van der Waals surface area contributed by atoms with E-state index in [1.54, 1.807) is 37.6 Å². The Morgan fingerprint density at radius 2 is 2.05 bits per heavy atom. The van der Waals surface area contributed by atoms with Crippen molar-refractivity contribution in [3.05, 3.63) is 24.3 Å². The van der Waals surface area contributed by atoms with Crippen molar-refractivity contribution in [2.45, 2.75) is 24.7 Å². The second-order valence-corrected chi connectivity index (χ2v) is 7.42. The lowest BCUT2D eigenvalue weighted by Gasteiger charge is -2.18. The zero-order valence-corrected chi connectivity index (χ0v) is 13.1. The number of hydrogen-bond donors (Lipinski definition) is 1. The summed E-state index contributed by atoms with van der Waals surface area (Å²) in [6.07, 6.45) is 3.31. The van der Waals surface area contributed by atoms with Gasteiger partial charge in [0, 0.05) is 35.5 Å². The number of rotatable bonds is 7. The van der Waals surface area contributed by atoms with Crippen molar-refractivity contribution in [3.63, 3.8) is 0 Å². The number of anilines is 1. The summed E-state index contributed by atoms with van der Waals surface area (Å²) in [5.74, 6) is 0. The van der Waals surface area contributed by atoms with Crippen LogP contribution in [0.3, 0.4) is 0 Å². The molecule has 0 saturated carbocycles. The van der Waals surface area contributed by atoms with Crippen molar-refractivity contribution in [3.8, 4) is 0 Å². The summed E-state index contributed by atoms with van der Waals surface area (Å²) in [6.45, 7) is 2.49. The summed E-state index contributed by atoms with van der Waals surface area (Å²) >= 11 is 0. The van der Waals surface area contributed by atoms with Gasteiger partial charge in [-0.1, -0.05) is 19.4 Å². The Bertz CT molecular complexity index is 544. The van der Waals surface area contributed by atoms with Gasteiger partial charge < -0.3 is 0 Å². The van der Waals surface area contributed by atoms with Gasteiger partial charge in [0.15, 0.2) is 0 Å². The largest absolute Gasteiger partial charge is 0.301 e. The number of benzene rings is 1. The fraction of sp³-hybridized carbons (Fsp3) is 0.500. The molecule has 0 aliphatic carbocycles. The van der Waals surface area contributed by atoms with Crippen LogP contribution in [-0.4, -0.2) is 36.8 Å². The number of nitrogens with one attached hydrogen (secondary N) is 1. The van der Waals surface area contributed by atoms with Crippen molar-refractivity contribution in [1.29, 1.82) is 0 Å². The van der Waals surface area contributed by atoms with Crippen LogP contribution in [0.15, 0.2) is 29.2 Å². The Kier molecular flexibility index (Phi) is 5.96. The zero-order valence-electron chi connectivity index (χ0n) is 11.4. The molecular weight excluding hydrogens is 284 g/mol. The predicted octanol–water partition coefficient (Wildman–Crippen LogP) is 1.81. The molecule has 0 aliphatic heterocycles. The zero-order chi connectivity index (χ0) is 14.5. The van der Waals surface area contributed by atoms with Gasteiger partial charge in [-0.15, -0.1) is 0 Å². The highest BCUT2D eigenvalue weighted by Gasteiger charge is 2.17. The molecule has 7 heteroatoms. The van der Waals surface area contributed by atoms with E-state index in [4.69, 9.17) is 0 Å². The van der Waals surface area contributed by atoms with Gasteiger partial charge in [-0.05, 0) is 24.6 Å². The van der Waals surface area contributed by atoms with Crippen molar-refractivity contribution in [2.24, 2.45) is 0 Å². The van der Waals surface area contributed by atoms with Crippen LogP contribution in [0.5, 0.6) is 0 Å². The Morgan fingerprint density at radius 3 is 2.63 bits per heavy atom. The molecule has 0 spiro atoms. The molecule has 5 nitrogen and oxygen atoms in total. The van der Waals surface area contributed by atoms with E-state index in [0.29, 0.717) is 17.1 Å². The van der Waals surface area contributed by atoms with Crippen LogP contribution in [0, 0.1) is 0 Å². The molecule has 1 unspecified atom stereocenters. The van der Waals surface area contributed by atoms with E-state index < -0.39 is 21.0 Å². The van der Waals surface area contributed by atoms with E-state index in [1.807, 2.05) is 6.92 Å². The average molecular weight is 304 g/mol. The minimum Gasteiger partial charge on any atom is -0.271 e. The van der Waals surface area contributed by atoms with Gasteiger partial charge in [-0.3, -0.25) is 8.93 Å². The molecule has 1 atom stereocenters. The van der Waals surface area contributed by atoms with Crippen LogP contribution in [0.25, 0.3) is 0 Å². The molecular formula is C12H20N2O3S2. The molecule has 1 N–H and O–H groups in total. The summed E-state index contributed by atoms with van der Waals surface area (Å²) in [5.41, 5.74) is 0.427. The first kappa shape index (κ1) is 16.1. The number of nitrogens with zero attached hydrogens (tertiary/aromatic N) is 1. The maximum atomic E-state index is 12.0. The van der Waals surface area contributed by atoms with Crippen LogP contribution in [0.1, 0.15) is 19.8 Å². The first-order valence-corrected chi connectivity index (χ1v) is 9.04. The van der Waals surface area contributed by atoms with Gasteiger partial charge in [0.25, 0.3) is 0 Å². The van der Waals surface area contributed by atoms with E-state index in [9.17, 15) is 12.6 Å². The third kappa shape index (κ3) is 4.93. The molecule has 0 saturated heterocycles. The summed E-state index contributed by atoms with van der Waals surface area (Å²) in [5, 5.41) is 0. The average Bonchev–Trinajstić information content (AvgIpc) is 2.35. The fourth-order valence-electron chi connectivity index (χ4n) is 1.47. The molecule has 0 heterocycles. The highest BCUT2D eigenvalue weighted by molar-refractivity contribution is 7.90. The lowest BCUT2D eigenvalue weighted by Crippen LogP contribution is -2.33. The van der Waals surface area contributed by atoms with Gasteiger partial charge in [0.1, 0.15) is 0 Å². The number of hydrogen-bond acceptors (Lipinski definition) is 3. The molecule has 108 valence electrons. The quantitative estimate of drug-likeness (QED) is 0.835. The van der Waals surface area contributed by atoms with E-state index in [1.165, 1.54) is 4.31 Å². The van der Waals surface area contributed by atoms with E-state index >= 15 is 0 Å². The Balaban J connectivity index is 2.83. The van der Waals surface area contributed by atoms with Crippen molar-refractivity contribution < 1.29 is 12.6 Å². The third-order valence-electron chi connectivity index (χ3n) is 2.65. The maximum Gasteiger partial charge on any atom is 0.301 e. The van der Waals surface area contributed by atoms with E-state index in [-0.39, 0.29) is 0 Å². The van der Waals surface area contributed by atoms with Crippen LogP contribution in [-0.2, 0) is 21.0 Å². The van der Waals surface area contributed by atoms with Gasteiger partial charge in [0.2, 0.25) is 0 Å². The molecule has 1 rings (SSSR count). The molecule has 0 bridgehead atoms. The first-order valence-electron chi connectivity index (χ1n) is 6.04. The lowest BCUT2D eigenvalue weighted by molar-refractivity contribution is 0.463. The van der Waals surface area contributed by atoms with E-state index in [0.717, 1.165) is 12.8 Å². The monoisotopic (exact) mass is 304 g/mol. The topological polar surface area (TPSA) is 66.5 Å². The van der Waals surface area contributed by atoms with Crippen LogP contribution in [0.4, 0.5) is 5.69 Å². The molecule has 0 radical (unpaired) electrons. The van der Waals surface area contributed by atoms with Crippen molar-refractivity contribution in [1.82, 2.24) is 4.31 Å². The minimum absolute atomic E-state index is 0.427. The lowest BCUT2D eigenvalue weighted by atomic mass is 10.3. The first-order chi connectivity index (χ1) is 8.86. The normalized spacial score (nSPS) is 13.5. The minimum atomic E-state index is -3.54. The third-order valence-corrected chi connectivity index (χ3v) is 5.06. The Hall–Kier alpha value is -0.920. The molecule has 0 amide bonds. The van der Waals surface area contributed by atoms with Gasteiger partial charge in [-0.2, -0.15) is 12.7 Å². The summed E-state index contributed by atoms with van der Waals surface area (Å²) in [4.78, 5) is 0.594. The van der Waals surface area contributed by atoms with Gasteiger partial charge >= 0.3 is 10.2 Å². The summed E-state index contributed by atoms with van der Waals surface area (Å²) in [6, 6.07) is 6.61. The van der Waals surface area contributed by atoms with Crippen molar-refractivity contribution >= 4 is 26.7 Å². The fourth-order valence-corrected chi connectivity index (χ4v) is 2.98. The molecule has 0 aromatic heterocycles. The highest BCUT2D eigenvalue weighted by Crippen LogP contribution is 2.15. The highest BCUT2D eigenvalue weighted by atomic mass is 32.2. The Labute approximate surface area is 117 Å². The second-order valence-electron chi connectivity index (χ2n) is 4.26.